The second kappa shape index (κ2) is 6.43. The molecule has 0 aromatic heterocycles. The maximum atomic E-state index is 11.3. The molecule has 0 saturated carbocycles. The van der Waals surface area contributed by atoms with Crippen LogP contribution in [0.2, 0.25) is 0 Å². The number of carboxylic acids is 1. The molecule has 0 heterocycles. The van der Waals surface area contributed by atoms with Crippen molar-refractivity contribution in [3.05, 3.63) is 29.3 Å². The van der Waals surface area contributed by atoms with Crippen molar-refractivity contribution in [3.63, 3.8) is 0 Å². The van der Waals surface area contributed by atoms with Crippen LogP contribution in [0.1, 0.15) is 38.3 Å². The molecule has 1 aromatic rings. The topological polar surface area (TPSA) is 40.5 Å². The lowest BCUT2D eigenvalue weighted by Gasteiger charge is -2.31. The van der Waals surface area contributed by atoms with Crippen LogP contribution < -0.4 is 4.90 Å². The van der Waals surface area contributed by atoms with Crippen molar-refractivity contribution in [2.45, 2.75) is 46.6 Å². The zero-order valence-corrected chi connectivity index (χ0v) is 11.7. The number of nitrogens with zero attached hydrogens (tertiary/aromatic N) is 1. The van der Waals surface area contributed by atoms with Gasteiger partial charge in [0.25, 0.3) is 0 Å². The third-order valence-corrected chi connectivity index (χ3v) is 3.28. The fourth-order valence-electron chi connectivity index (χ4n) is 2.29. The van der Waals surface area contributed by atoms with Gasteiger partial charge in [0.05, 0.1) is 0 Å². The number of para-hydroxylation sites is 1. The van der Waals surface area contributed by atoms with Crippen LogP contribution in [0.3, 0.4) is 0 Å². The summed E-state index contributed by atoms with van der Waals surface area (Å²) in [6.07, 6.45) is 1.86. The third kappa shape index (κ3) is 3.03. The lowest BCUT2D eigenvalue weighted by atomic mass is 10.0. The van der Waals surface area contributed by atoms with Crippen molar-refractivity contribution in [1.29, 1.82) is 0 Å². The first-order chi connectivity index (χ1) is 8.52. The largest absolute Gasteiger partial charge is 0.480 e. The molecule has 0 amide bonds. The van der Waals surface area contributed by atoms with E-state index in [1.165, 1.54) is 5.56 Å². The second-order valence-corrected chi connectivity index (χ2v) is 4.64. The van der Waals surface area contributed by atoms with E-state index in [1.807, 2.05) is 24.0 Å². The van der Waals surface area contributed by atoms with Gasteiger partial charge in [-0.3, -0.25) is 0 Å². The number of anilines is 1. The Kier molecular flexibility index (Phi) is 5.20. The Hall–Kier alpha value is -1.51. The summed E-state index contributed by atoms with van der Waals surface area (Å²) in [6.45, 7) is 8.75. The van der Waals surface area contributed by atoms with Gasteiger partial charge in [-0.25, -0.2) is 4.79 Å². The standard InChI is InChI=1S/C15H23NO2/c1-5-10-16(12(4)15(17)18)14-11(3)8-7-9-13(14)6-2/h7-9,12H,5-6,10H2,1-4H3,(H,17,18). The third-order valence-electron chi connectivity index (χ3n) is 3.28. The Bertz CT molecular complexity index is 415. The minimum absolute atomic E-state index is 0.489. The van der Waals surface area contributed by atoms with Crippen molar-refractivity contribution < 1.29 is 9.90 Å². The zero-order chi connectivity index (χ0) is 13.7. The number of hydrogen-bond donors (Lipinski definition) is 1. The first-order valence-corrected chi connectivity index (χ1v) is 6.60. The van der Waals surface area contributed by atoms with Gasteiger partial charge in [-0.1, -0.05) is 32.0 Å². The number of aliphatic carboxylic acids is 1. The van der Waals surface area contributed by atoms with E-state index in [-0.39, 0.29) is 0 Å². The summed E-state index contributed by atoms with van der Waals surface area (Å²) in [7, 11) is 0. The molecule has 3 heteroatoms. The van der Waals surface area contributed by atoms with E-state index in [2.05, 4.69) is 19.9 Å². The van der Waals surface area contributed by atoms with Crippen LogP contribution in [0.15, 0.2) is 18.2 Å². The fourth-order valence-corrected chi connectivity index (χ4v) is 2.29. The SMILES string of the molecule is CCCN(c1c(C)cccc1CC)C(C)C(=O)O. The van der Waals surface area contributed by atoms with Crippen LogP contribution >= 0.6 is 0 Å². The van der Waals surface area contributed by atoms with E-state index in [0.717, 1.165) is 30.6 Å². The van der Waals surface area contributed by atoms with Gasteiger partial charge in [0, 0.05) is 12.2 Å². The van der Waals surface area contributed by atoms with E-state index in [1.54, 1.807) is 6.92 Å². The van der Waals surface area contributed by atoms with Gasteiger partial charge in [0.15, 0.2) is 0 Å². The summed E-state index contributed by atoms with van der Waals surface area (Å²) in [6, 6.07) is 5.68. The van der Waals surface area contributed by atoms with Gasteiger partial charge in [0.1, 0.15) is 6.04 Å². The minimum atomic E-state index is -0.770. The predicted octanol–water partition coefficient (Wildman–Crippen LogP) is 3.25. The Labute approximate surface area is 109 Å². The zero-order valence-electron chi connectivity index (χ0n) is 11.7. The maximum Gasteiger partial charge on any atom is 0.326 e. The molecule has 1 aromatic carbocycles. The second-order valence-electron chi connectivity index (χ2n) is 4.64. The van der Waals surface area contributed by atoms with Gasteiger partial charge in [-0.05, 0) is 37.8 Å². The van der Waals surface area contributed by atoms with E-state index in [4.69, 9.17) is 0 Å². The molecule has 1 unspecified atom stereocenters. The molecule has 1 atom stereocenters. The Morgan fingerprint density at radius 1 is 1.39 bits per heavy atom. The average Bonchev–Trinajstić information content (AvgIpc) is 2.35. The number of rotatable bonds is 6. The first-order valence-electron chi connectivity index (χ1n) is 6.60. The molecule has 0 saturated heterocycles. The average molecular weight is 249 g/mol. The smallest absolute Gasteiger partial charge is 0.326 e. The van der Waals surface area contributed by atoms with Crippen molar-refractivity contribution in [2.75, 3.05) is 11.4 Å². The Morgan fingerprint density at radius 3 is 2.56 bits per heavy atom. The Morgan fingerprint density at radius 2 is 2.06 bits per heavy atom. The highest BCUT2D eigenvalue weighted by Gasteiger charge is 2.23. The van der Waals surface area contributed by atoms with E-state index in [0.29, 0.717) is 0 Å². The summed E-state index contributed by atoms with van der Waals surface area (Å²) in [5.41, 5.74) is 3.46. The van der Waals surface area contributed by atoms with Gasteiger partial charge in [-0.2, -0.15) is 0 Å². The van der Waals surface area contributed by atoms with Crippen LogP contribution in [0.25, 0.3) is 0 Å². The minimum Gasteiger partial charge on any atom is -0.480 e. The van der Waals surface area contributed by atoms with E-state index < -0.39 is 12.0 Å². The highest BCUT2D eigenvalue weighted by atomic mass is 16.4. The lowest BCUT2D eigenvalue weighted by Crippen LogP contribution is -2.40. The molecular formula is C15H23NO2. The van der Waals surface area contributed by atoms with Crippen LogP contribution in [-0.4, -0.2) is 23.7 Å². The molecule has 0 aliphatic rings. The van der Waals surface area contributed by atoms with Crippen LogP contribution in [-0.2, 0) is 11.2 Å². The van der Waals surface area contributed by atoms with E-state index >= 15 is 0 Å². The molecule has 100 valence electrons. The number of carboxylic acid groups (broad SMARTS) is 1. The highest BCUT2D eigenvalue weighted by Crippen LogP contribution is 2.27. The normalized spacial score (nSPS) is 12.2. The van der Waals surface area contributed by atoms with Gasteiger partial charge >= 0.3 is 5.97 Å². The molecule has 18 heavy (non-hydrogen) atoms. The number of hydrogen-bond acceptors (Lipinski definition) is 2. The van der Waals surface area contributed by atoms with Crippen molar-refractivity contribution in [1.82, 2.24) is 0 Å². The molecule has 0 aliphatic heterocycles. The molecule has 0 fully saturated rings. The van der Waals surface area contributed by atoms with Gasteiger partial charge < -0.3 is 10.0 Å². The molecule has 1 rings (SSSR count). The quantitative estimate of drug-likeness (QED) is 0.841. The Balaban J connectivity index is 3.24. The molecule has 3 nitrogen and oxygen atoms in total. The number of aryl methyl sites for hydroxylation is 2. The summed E-state index contributed by atoms with van der Waals surface area (Å²) in [5, 5.41) is 9.25. The first kappa shape index (κ1) is 14.6. The van der Waals surface area contributed by atoms with Crippen molar-refractivity contribution in [3.8, 4) is 0 Å². The molecule has 0 aliphatic carbocycles. The van der Waals surface area contributed by atoms with Crippen LogP contribution in [0, 0.1) is 6.92 Å². The molecule has 0 bridgehead atoms. The summed E-state index contributed by atoms with van der Waals surface area (Å²) in [4.78, 5) is 13.3. The maximum absolute atomic E-state index is 11.3. The fraction of sp³-hybridized carbons (Fsp3) is 0.533. The molecule has 1 N–H and O–H groups in total. The summed E-state index contributed by atoms with van der Waals surface area (Å²) >= 11 is 0. The highest BCUT2D eigenvalue weighted by molar-refractivity contribution is 5.79. The molecule has 0 radical (unpaired) electrons. The number of carbonyl (C=O) groups is 1. The van der Waals surface area contributed by atoms with Gasteiger partial charge in [0.2, 0.25) is 0 Å². The summed E-state index contributed by atoms with van der Waals surface area (Å²) < 4.78 is 0. The monoisotopic (exact) mass is 249 g/mol. The molecular weight excluding hydrogens is 226 g/mol. The van der Waals surface area contributed by atoms with Crippen molar-refractivity contribution in [2.24, 2.45) is 0 Å². The lowest BCUT2D eigenvalue weighted by molar-refractivity contribution is -0.138. The predicted molar refractivity (Wildman–Crippen MR) is 75.3 cm³/mol. The molecule has 0 spiro atoms. The number of benzene rings is 1. The van der Waals surface area contributed by atoms with Gasteiger partial charge in [-0.15, -0.1) is 0 Å². The van der Waals surface area contributed by atoms with Crippen LogP contribution in [0.4, 0.5) is 5.69 Å². The van der Waals surface area contributed by atoms with Crippen molar-refractivity contribution >= 4 is 11.7 Å². The summed E-state index contributed by atoms with van der Waals surface area (Å²) in [5.74, 6) is -0.770. The van der Waals surface area contributed by atoms with Crippen LogP contribution in [0.5, 0.6) is 0 Å². The van der Waals surface area contributed by atoms with E-state index in [9.17, 15) is 9.90 Å².